The van der Waals surface area contributed by atoms with Crippen molar-refractivity contribution in [3.63, 3.8) is 0 Å². The minimum absolute atomic E-state index is 0.0330. The summed E-state index contributed by atoms with van der Waals surface area (Å²) in [7, 11) is 0. The molecule has 2 fully saturated rings. The van der Waals surface area contributed by atoms with E-state index in [2.05, 4.69) is 20.9 Å². The molecular formula is C23H22N6O3S. The number of carbonyl (C=O) groups is 3. The van der Waals surface area contributed by atoms with E-state index < -0.39 is 23.4 Å². The first-order valence-electron chi connectivity index (χ1n) is 10.6. The number of urea groups is 1. The maximum Gasteiger partial charge on any atom is 0.344 e. The molecular weight excluding hydrogens is 440 g/mol. The number of hydrogen-bond acceptors (Lipinski definition) is 6. The lowest BCUT2D eigenvalue weighted by atomic mass is 9.92. The van der Waals surface area contributed by atoms with Crippen LogP contribution in [0.1, 0.15) is 37.1 Å². The molecule has 3 aromatic rings. The zero-order chi connectivity index (χ0) is 23.0. The van der Waals surface area contributed by atoms with Crippen molar-refractivity contribution in [2.75, 3.05) is 5.75 Å². The molecule has 4 amide bonds. The Morgan fingerprint density at radius 1 is 1.09 bits per heavy atom. The first-order chi connectivity index (χ1) is 16.0. The Morgan fingerprint density at radius 3 is 2.42 bits per heavy atom. The summed E-state index contributed by atoms with van der Waals surface area (Å²) in [5.41, 5.74) is 2.75. The van der Waals surface area contributed by atoms with Crippen LogP contribution in [0.5, 0.6) is 0 Å². The van der Waals surface area contributed by atoms with Gasteiger partial charge in [0.15, 0.2) is 5.16 Å². The lowest BCUT2D eigenvalue weighted by molar-refractivity contribution is -0.138. The van der Waals surface area contributed by atoms with Gasteiger partial charge >= 0.3 is 6.03 Å². The highest BCUT2D eigenvalue weighted by Crippen LogP contribution is 2.41. The van der Waals surface area contributed by atoms with E-state index in [0.717, 1.165) is 29.4 Å². The Bertz CT molecular complexity index is 1210. The molecule has 1 aromatic heterocycles. The van der Waals surface area contributed by atoms with Crippen LogP contribution in [-0.4, -0.2) is 43.4 Å². The predicted molar refractivity (Wildman–Crippen MR) is 121 cm³/mol. The molecule has 2 N–H and O–H groups in total. The Kier molecular flexibility index (Phi) is 5.37. The van der Waals surface area contributed by atoms with Crippen molar-refractivity contribution < 1.29 is 14.4 Å². The number of rotatable bonds is 7. The summed E-state index contributed by atoms with van der Waals surface area (Å²) in [4.78, 5) is 38.1. The van der Waals surface area contributed by atoms with E-state index in [0.29, 0.717) is 16.6 Å². The van der Waals surface area contributed by atoms with E-state index in [1.54, 1.807) is 31.2 Å². The molecule has 0 unspecified atom stereocenters. The van der Waals surface area contributed by atoms with Crippen LogP contribution in [0.4, 0.5) is 4.79 Å². The van der Waals surface area contributed by atoms with Crippen LogP contribution < -0.4 is 10.7 Å². The topological polar surface area (TPSA) is 109 Å². The number of hydrazine groups is 1. The second-order valence-electron chi connectivity index (χ2n) is 8.17. The molecule has 33 heavy (non-hydrogen) atoms. The Balaban J connectivity index is 1.28. The molecule has 2 aromatic carbocycles. The number of carbonyl (C=O) groups excluding carboxylic acids is 3. The Hall–Kier alpha value is -3.66. The third-order valence-corrected chi connectivity index (χ3v) is 6.66. The molecule has 1 saturated carbocycles. The number of para-hydroxylation sites is 1. The van der Waals surface area contributed by atoms with Crippen molar-refractivity contribution >= 4 is 29.6 Å². The van der Waals surface area contributed by atoms with Gasteiger partial charge in [0.25, 0.3) is 5.91 Å². The van der Waals surface area contributed by atoms with Crippen molar-refractivity contribution in [1.82, 2.24) is 30.5 Å². The molecule has 168 valence electrons. The average Bonchev–Trinajstić information content (AvgIpc) is 3.56. The Morgan fingerprint density at radius 2 is 1.76 bits per heavy atom. The number of nitrogens with one attached hydrogen (secondary N) is 2. The van der Waals surface area contributed by atoms with Crippen LogP contribution in [0.25, 0.3) is 5.69 Å². The largest absolute Gasteiger partial charge is 0.344 e. The number of benzene rings is 2. The van der Waals surface area contributed by atoms with Crippen LogP contribution in [0.3, 0.4) is 0 Å². The van der Waals surface area contributed by atoms with Gasteiger partial charge in [0.2, 0.25) is 5.91 Å². The van der Waals surface area contributed by atoms with Gasteiger partial charge in [-0.25, -0.2) is 4.79 Å². The second kappa shape index (κ2) is 8.36. The van der Waals surface area contributed by atoms with Gasteiger partial charge < -0.3 is 5.32 Å². The smallest absolute Gasteiger partial charge is 0.318 e. The number of nitrogens with zero attached hydrogens (tertiary/aromatic N) is 4. The number of amides is 4. The highest BCUT2D eigenvalue weighted by atomic mass is 32.2. The van der Waals surface area contributed by atoms with E-state index >= 15 is 0 Å². The number of imide groups is 1. The fraction of sp³-hybridized carbons (Fsp3) is 0.261. The van der Waals surface area contributed by atoms with Crippen molar-refractivity contribution in [2.45, 2.75) is 36.4 Å². The summed E-state index contributed by atoms with van der Waals surface area (Å²) in [6, 6.07) is 18.0. The molecule has 0 bridgehead atoms. The van der Waals surface area contributed by atoms with Crippen molar-refractivity contribution in [3.05, 3.63) is 72.1 Å². The fourth-order valence-corrected chi connectivity index (χ4v) is 4.55. The quantitative estimate of drug-likeness (QED) is 0.413. The summed E-state index contributed by atoms with van der Waals surface area (Å²) in [6.45, 7) is 1.62. The highest BCUT2D eigenvalue weighted by molar-refractivity contribution is 7.99. The number of thioether (sulfide) groups is 1. The van der Waals surface area contributed by atoms with Crippen molar-refractivity contribution in [1.29, 1.82) is 0 Å². The van der Waals surface area contributed by atoms with E-state index in [4.69, 9.17) is 0 Å². The maximum absolute atomic E-state index is 13.0. The van der Waals surface area contributed by atoms with Gasteiger partial charge in [0, 0.05) is 11.6 Å². The SMILES string of the molecule is C[C@@]1(c2ccccc2)NC(=O)N(NC(=O)CSc2nnc(C3CC3)n2-c2ccccc2)C1=O. The molecule has 1 saturated heterocycles. The lowest BCUT2D eigenvalue weighted by Gasteiger charge is -2.22. The average molecular weight is 463 g/mol. The normalized spacial score (nSPS) is 20.1. The zero-order valence-electron chi connectivity index (χ0n) is 17.9. The Labute approximate surface area is 194 Å². The standard InChI is InChI=1S/C23H22N6O3S/c1-23(16-8-4-2-5-9-16)20(31)29(21(32)24-23)27-18(30)14-33-22-26-25-19(15-12-13-15)28(22)17-10-6-3-7-11-17/h2-11,15H,12-14H2,1H3,(H,24,32)(H,27,30)/t23-/m0/s1. The van der Waals surface area contributed by atoms with Crippen LogP contribution in [-0.2, 0) is 15.1 Å². The van der Waals surface area contributed by atoms with E-state index in [1.807, 2.05) is 41.0 Å². The van der Waals surface area contributed by atoms with Crippen molar-refractivity contribution in [3.8, 4) is 5.69 Å². The van der Waals surface area contributed by atoms with Crippen LogP contribution in [0.2, 0.25) is 0 Å². The summed E-state index contributed by atoms with van der Waals surface area (Å²) in [5, 5.41) is 12.6. The van der Waals surface area contributed by atoms with Gasteiger partial charge in [-0.05, 0) is 37.5 Å². The van der Waals surface area contributed by atoms with Gasteiger partial charge in [-0.15, -0.1) is 10.2 Å². The number of aromatic nitrogens is 3. The van der Waals surface area contributed by atoms with Gasteiger partial charge in [0.1, 0.15) is 11.4 Å². The minimum atomic E-state index is -1.24. The van der Waals surface area contributed by atoms with Crippen LogP contribution >= 0.6 is 11.8 Å². The van der Waals surface area contributed by atoms with Gasteiger partial charge in [-0.2, -0.15) is 5.01 Å². The molecule has 2 heterocycles. The number of hydrogen-bond donors (Lipinski definition) is 2. The van der Waals surface area contributed by atoms with Gasteiger partial charge in [-0.3, -0.25) is 19.6 Å². The maximum atomic E-state index is 13.0. The summed E-state index contributed by atoms with van der Waals surface area (Å²) in [5.74, 6) is 0.200. The fourth-order valence-electron chi connectivity index (χ4n) is 3.80. The summed E-state index contributed by atoms with van der Waals surface area (Å²) >= 11 is 1.21. The molecule has 1 aliphatic heterocycles. The zero-order valence-corrected chi connectivity index (χ0v) is 18.7. The molecule has 9 nitrogen and oxygen atoms in total. The van der Waals surface area contributed by atoms with Crippen LogP contribution in [0, 0.1) is 0 Å². The molecule has 1 aliphatic carbocycles. The van der Waals surface area contributed by atoms with Crippen LogP contribution in [0.15, 0.2) is 65.8 Å². The highest BCUT2D eigenvalue weighted by Gasteiger charge is 2.50. The molecule has 1 atom stereocenters. The minimum Gasteiger partial charge on any atom is -0.318 e. The molecule has 5 rings (SSSR count). The lowest BCUT2D eigenvalue weighted by Crippen LogP contribution is -2.48. The molecule has 0 radical (unpaired) electrons. The first-order valence-corrected chi connectivity index (χ1v) is 11.6. The molecule has 2 aliphatic rings. The van der Waals surface area contributed by atoms with E-state index in [1.165, 1.54) is 11.8 Å². The first kappa shape index (κ1) is 21.2. The van der Waals surface area contributed by atoms with Gasteiger partial charge in [0.05, 0.1) is 5.75 Å². The third-order valence-electron chi connectivity index (χ3n) is 5.73. The van der Waals surface area contributed by atoms with Crippen molar-refractivity contribution in [2.24, 2.45) is 0 Å². The predicted octanol–water partition coefficient (Wildman–Crippen LogP) is 2.74. The molecule has 10 heteroatoms. The van der Waals surface area contributed by atoms with E-state index in [9.17, 15) is 14.4 Å². The monoisotopic (exact) mass is 462 g/mol. The second-order valence-corrected chi connectivity index (χ2v) is 9.11. The third kappa shape index (κ3) is 3.97. The summed E-state index contributed by atoms with van der Waals surface area (Å²) < 4.78 is 1.97. The summed E-state index contributed by atoms with van der Waals surface area (Å²) in [6.07, 6.45) is 2.14. The van der Waals surface area contributed by atoms with E-state index in [-0.39, 0.29) is 5.75 Å². The molecule has 0 spiro atoms. The van der Waals surface area contributed by atoms with Gasteiger partial charge in [-0.1, -0.05) is 60.3 Å².